The number of ether oxygens (including phenoxy) is 4. The zero-order valence-corrected chi connectivity index (χ0v) is 22.2. The number of fused-ring (bicyclic) bond motifs is 2. The molecule has 2 heterocycles. The lowest BCUT2D eigenvalue weighted by Gasteiger charge is -2.17. The molecule has 1 aliphatic rings. The molecule has 1 aromatic heterocycles. The van der Waals surface area contributed by atoms with E-state index < -0.39 is 6.10 Å². The quantitative estimate of drug-likeness (QED) is 0.216. The molecule has 5 rings (SSSR count). The fraction of sp³-hybridized carbons (Fsp3) is 0.259. The van der Waals surface area contributed by atoms with Crippen LogP contribution >= 0.6 is 28.3 Å². The first kappa shape index (κ1) is 26.2. The van der Waals surface area contributed by atoms with Crippen LogP contribution in [-0.2, 0) is 13.0 Å². The molecule has 3 aromatic carbocycles. The maximum Gasteiger partial charge on any atom is 0.231 e. The van der Waals surface area contributed by atoms with E-state index in [0.29, 0.717) is 35.1 Å². The highest BCUT2D eigenvalue weighted by Crippen LogP contribution is 2.38. The Morgan fingerprint density at radius 2 is 1.94 bits per heavy atom. The lowest BCUT2D eigenvalue weighted by Crippen LogP contribution is -2.17. The Morgan fingerprint density at radius 3 is 2.81 bits per heavy atom. The molecule has 0 radical (unpaired) electrons. The second kappa shape index (κ2) is 11.9. The smallest absolute Gasteiger partial charge is 0.231 e. The molecular formula is C27H28BrClN2O5. The maximum atomic E-state index is 10.6. The summed E-state index contributed by atoms with van der Waals surface area (Å²) in [5, 5.41) is 15.4. The second-order valence-electron chi connectivity index (χ2n) is 8.33. The molecule has 0 amide bonds. The fourth-order valence-corrected chi connectivity index (χ4v) is 4.79. The van der Waals surface area contributed by atoms with Gasteiger partial charge in [0.1, 0.15) is 12.7 Å². The molecule has 36 heavy (non-hydrogen) atoms. The van der Waals surface area contributed by atoms with Crippen molar-refractivity contribution in [1.29, 1.82) is 0 Å². The first-order valence-corrected chi connectivity index (χ1v) is 12.2. The number of hydrogen-bond acceptors (Lipinski definition) is 6. The van der Waals surface area contributed by atoms with Crippen molar-refractivity contribution >= 4 is 39.2 Å². The molecule has 0 saturated carbocycles. The van der Waals surface area contributed by atoms with Gasteiger partial charge in [-0.3, -0.25) is 0 Å². The molecule has 0 aliphatic carbocycles. The van der Waals surface area contributed by atoms with Crippen molar-refractivity contribution in [3.05, 3.63) is 82.0 Å². The van der Waals surface area contributed by atoms with Crippen LogP contribution in [0.15, 0.2) is 65.3 Å². The van der Waals surface area contributed by atoms with Gasteiger partial charge < -0.3 is 34.4 Å². The summed E-state index contributed by atoms with van der Waals surface area (Å²) in [6.07, 6.45) is 2.18. The first-order valence-electron chi connectivity index (χ1n) is 11.4. The van der Waals surface area contributed by atoms with Crippen LogP contribution in [0, 0.1) is 0 Å². The fourth-order valence-electron chi connectivity index (χ4n) is 4.19. The van der Waals surface area contributed by atoms with Gasteiger partial charge in [-0.1, -0.05) is 24.3 Å². The number of rotatable bonds is 10. The van der Waals surface area contributed by atoms with Crippen molar-refractivity contribution in [2.24, 2.45) is 0 Å². The van der Waals surface area contributed by atoms with Gasteiger partial charge in [0, 0.05) is 23.6 Å². The SMILES string of the molecule is COc1cc(CNCCc2c[nH]c3ccccc23)cc(Br)c1OCC(O)c1ccc2c(c1)OCO2.Cl. The van der Waals surface area contributed by atoms with E-state index in [-0.39, 0.29) is 25.8 Å². The summed E-state index contributed by atoms with van der Waals surface area (Å²) in [5.74, 6) is 2.46. The zero-order valence-electron chi connectivity index (χ0n) is 19.8. The molecule has 9 heteroatoms. The van der Waals surface area contributed by atoms with Crippen LogP contribution in [0.3, 0.4) is 0 Å². The minimum atomic E-state index is -0.827. The molecular weight excluding hydrogens is 548 g/mol. The van der Waals surface area contributed by atoms with Gasteiger partial charge in [-0.05, 0) is 75.9 Å². The average Bonchev–Trinajstić information content (AvgIpc) is 3.52. The molecule has 1 atom stereocenters. The highest BCUT2D eigenvalue weighted by molar-refractivity contribution is 9.10. The van der Waals surface area contributed by atoms with Gasteiger partial charge >= 0.3 is 0 Å². The van der Waals surface area contributed by atoms with Crippen molar-refractivity contribution in [2.45, 2.75) is 19.1 Å². The molecule has 0 fully saturated rings. The number of aromatic nitrogens is 1. The third kappa shape index (κ3) is 5.73. The average molecular weight is 576 g/mol. The number of aromatic amines is 1. The molecule has 190 valence electrons. The summed E-state index contributed by atoms with van der Waals surface area (Å²) < 4.78 is 23.0. The van der Waals surface area contributed by atoms with Crippen molar-refractivity contribution in [2.75, 3.05) is 27.1 Å². The van der Waals surface area contributed by atoms with Gasteiger partial charge in [-0.15, -0.1) is 12.4 Å². The molecule has 7 nitrogen and oxygen atoms in total. The van der Waals surface area contributed by atoms with Crippen LogP contribution < -0.4 is 24.3 Å². The molecule has 4 aromatic rings. The highest BCUT2D eigenvalue weighted by atomic mass is 79.9. The summed E-state index contributed by atoms with van der Waals surface area (Å²) in [5.41, 5.74) is 4.23. The van der Waals surface area contributed by atoms with Gasteiger partial charge in [0.25, 0.3) is 0 Å². The van der Waals surface area contributed by atoms with Crippen molar-refractivity contribution in [3.63, 3.8) is 0 Å². The van der Waals surface area contributed by atoms with Gasteiger partial charge in [0.05, 0.1) is 11.6 Å². The van der Waals surface area contributed by atoms with E-state index in [2.05, 4.69) is 50.6 Å². The Balaban J connectivity index is 0.00000304. The van der Waals surface area contributed by atoms with Crippen molar-refractivity contribution in [1.82, 2.24) is 10.3 Å². The van der Waals surface area contributed by atoms with Gasteiger partial charge in [-0.2, -0.15) is 0 Å². The lowest BCUT2D eigenvalue weighted by atomic mass is 10.1. The third-order valence-electron chi connectivity index (χ3n) is 6.03. The molecule has 0 bridgehead atoms. The number of H-pyrrole nitrogens is 1. The standard InChI is InChI=1S/C27H27BrN2O5.ClH/c1-32-26-11-17(13-29-9-8-19-14-30-22-5-3-2-4-20(19)22)10-21(28)27(26)33-15-23(31)18-6-7-24-25(12-18)35-16-34-24;/h2-7,10-12,14,23,29-31H,8-9,13,15-16H2,1H3;1H. The Bertz CT molecular complexity index is 1330. The number of aliphatic hydroxyl groups excluding tert-OH is 1. The number of hydrogen-bond donors (Lipinski definition) is 3. The van der Waals surface area contributed by atoms with E-state index >= 15 is 0 Å². The lowest BCUT2D eigenvalue weighted by molar-refractivity contribution is 0.105. The van der Waals surface area contributed by atoms with Crippen molar-refractivity contribution < 1.29 is 24.1 Å². The van der Waals surface area contributed by atoms with Crippen LogP contribution in [0.5, 0.6) is 23.0 Å². The van der Waals surface area contributed by atoms with E-state index in [9.17, 15) is 5.11 Å². The number of aliphatic hydroxyl groups is 1. The minimum absolute atomic E-state index is 0. The predicted molar refractivity (Wildman–Crippen MR) is 145 cm³/mol. The van der Waals surface area contributed by atoms with Crippen LogP contribution in [0.4, 0.5) is 0 Å². The van der Waals surface area contributed by atoms with Crippen LogP contribution in [0.2, 0.25) is 0 Å². The maximum absolute atomic E-state index is 10.6. The molecule has 0 spiro atoms. The molecule has 1 aliphatic heterocycles. The first-order chi connectivity index (χ1) is 17.1. The van der Waals surface area contributed by atoms with Crippen LogP contribution in [0.25, 0.3) is 10.9 Å². The van der Waals surface area contributed by atoms with Crippen molar-refractivity contribution in [3.8, 4) is 23.0 Å². The van der Waals surface area contributed by atoms with Gasteiger partial charge in [0.2, 0.25) is 6.79 Å². The Labute approximate surface area is 224 Å². The summed E-state index contributed by atoms with van der Waals surface area (Å²) in [7, 11) is 1.61. The van der Waals surface area contributed by atoms with Gasteiger partial charge in [0.15, 0.2) is 23.0 Å². The van der Waals surface area contributed by atoms with E-state index in [1.54, 1.807) is 25.3 Å². The molecule has 0 saturated heterocycles. The summed E-state index contributed by atoms with van der Waals surface area (Å²) in [4.78, 5) is 3.32. The van der Waals surface area contributed by atoms with Gasteiger partial charge in [-0.25, -0.2) is 0 Å². The van der Waals surface area contributed by atoms with Crippen LogP contribution in [-0.4, -0.2) is 37.1 Å². The van der Waals surface area contributed by atoms with E-state index in [4.69, 9.17) is 18.9 Å². The second-order valence-corrected chi connectivity index (χ2v) is 9.19. The summed E-state index contributed by atoms with van der Waals surface area (Å²) >= 11 is 3.60. The summed E-state index contributed by atoms with van der Waals surface area (Å²) in [6, 6.07) is 17.7. The minimum Gasteiger partial charge on any atom is -0.493 e. The van der Waals surface area contributed by atoms with E-state index in [1.807, 2.05) is 18.2 Å². The third-order valence-corrected chi connectivity index (χ3v) is 6.62. The molecule has 1 unspecified atom stereocenters. The number of halogens is 2. The normalized spacial score (nSPS) is 12.9. The number of nitrogens with one attached hydrogen (secondary N) is 2. The van der Waals surface area contributed by atoms with E-state index in [1.165, 1.54) is 10.9 Å². The number of para-hydroxylation sites is 1. The number of benzene rings is 3. The Hall–Kier alpha value is -2.91. The molecule has 3 N–H and O–H groups in total. The predicted octanol–water partition coefficient (Wildman–Crippen LogP) is 5.53. The Kier molecular flexibility index (Phi) is 8.64. The Morgan fingerprint density at radius 1 is 1.11 bits per heavy atom. The van der Waals surface area contributed by atoms with E-state index in [0.717, 1.165) is 28.5 Å². The monoisotopic (exact) mass is 574 g/mol. The zero-order chi connectivity index (χ0) is 24.2. The number of methoxy groups -OCH3 is 1. The van der Waals surface area contributed by atoms with Crippen LogP contribution in [0.1, 0.15) is 22.8 Å². The largest absolute Gasteiger partial charge is 0.493 e. The summed E-state index contributed by atoms with van der Waals surface area (Å²) in [6.45, 7) is 1.80. The topological polar surface area (TPSA) is 85.0 Å². The highest BCUT2D eigenvalue weighted by Gasteiger charge is 2.19.